The summed E-state index contributed by atoms with van der Waals surface area (Å²) in [6.07, 6.45) is 8.11. The van der Waals surface area contributed by atoms with Crippen molar-refractivity contribution in [3.05, 3.63) is 76.1 Å². The Balaban J connectivity index is 1.16. The molecule has 3 aliphatic carbocycles. The fraction of sp³-hybridized carbons (Fsp3) is 0.514. The summed E-state index contributed by atoms with van der Waals surface area (Å²) < 4.78 is 72.0. The Hall–Kier alpha value is -3.51. The Kier molecular flexibility index (Phi) is 9.47. The molecule has 2 heterocycles. The van der Waals surface area contributed by atoms with Gasteiger partial charge in [-0.05, 0) is 128 Å². The molecule has 268 valence electrons. The number of alkyl halides is 3. The van der Waals surface area contributed by atoms with E-state index in [1.165, 1.54) is 5.56 Å². The topological polar surface area (TPSA) is 98.8 Å². The molecule has 1 fully saturated rings. The van der Waals surface area contributed by atoms with Crippen LogP contribution < -0.4 is 24.2 Å². The number of amides is 1. The number of fused-ring (bicyclic) bond motifs is 4. The molecule has 1 unspecified atom stereocenters. The van der Waals surface area contributed by atoms with Crippen molar-refractivity contribution in [2.24, 2.45) is 11.8 Å². The molecule has 1 spiro atoms. The van der Waals surface area contributed by atoms with Gasteiger partial charge in [0.15, 0.2) is 11.5 Å². The van der Waals surface area contributed by atoms with Crippen LogP contribution >= 0.6 is 11.6 Å². The quantitative estimate of drug-likeness (QED) is 0.170. The Morgan fingerprint density at radius 2 is 1.90 bits per heavy atom. The lowest BCUT2D eigenvalue weighted by Crippen LogP contribution is -2.58. The van der Waals surface area contributed by atoms with E-state index in [-0.39, 0.29) is 36.9 Å². The van der Waals surface area contributed by atoms with Gasteiger partial charge in [0.2, 0.25) is 6.79 Å². The molecule has 4 atom stereocenters. The van der Waals surface area contributed by atoms with Crippen LogP contribution in [0.3, 0.4) is 0 Å². The molecule has 7 rings (SSSR count). The standard InChI is InChI=1S/C37H41ClF3N3O5S/c1-22(20-47-30-9-14-42-29-8-3-5-23(2)33(29)30)15-25-16-24-17-31-32(49-21-48-31)19-28(24)35(25)10-12-36(13-11-35,34(45)44-50(46)37(39,40)41)43-27-7-4-6-26(38)18-27/h4,6-7,9,14,17-19,22-23,25,43H,3,5,8,10-13,15-16,20-21H2,1-2H3,(H,44,45,46)/p+1/t22-,23-,25+,35?,36?,50?/m1/s1. The summed E-state index contributed by atoms with van der Waals surface area (Å²) in [7, 11) is -3.98. The van der Waals surface area contributed by atoms with Crippen LogP contribution in [0.5, 0.6) is 17.2 Å². The maximum Gasteiger partial charge on any atom is 0.599 e. The Morgan fingerprint density at radius 3 is 2.64 bits per heavy atom. The lowest BCUT2D eigenvalue weighted by molar-refractivity contribution is -0.125. The third-order valence-corrected chi connectivity index (χ3v) is 12.3. The van der Waals surface area contributed by atoms with E-state index in [0.29, 0.717) is 47.6 Å². The Morgan fingerprint density at radius 1 is 1.14 bits per heavy atom. The van der Waals surface area contributed by atoms with E-state index < -0.39 is 27.9 Å². The first-order valence-electron chi connectivity index (χ1n) is 17.3. The molecule has 2 aromatic carbocycles. The van der Waals surface area contributed by atoms with E-state index in [1.807, 2.05) is 12.3 Å². The monoisotopic (exact) mass is 732 g/mol. The maximum absolute atomic E-state index is 13.7. The van der Waals surface area contributed by atoms with Crippen molar-refractivity contribution >= 4 is 34.2 Å². The minimum absolute atomic E-state index is 0.143. The van der Waals surface area contributed by atoms with Crippen LogP contribution in [-0.4, -0.2) is 35.3 Å². The van der Waals surface area contributed by atoms with Gasteiger partial charge in [0, 0.05) is 28.2 Å². The second-order valence-corrected chi connectivity index (χ2v) is 16.2. The number of hydrogen-bond acceptors (Lipinski definition) is 7. The number of nitrogens with zero attached hydrogens (tertiary/aromatic N) is 1. The molecule has 0 saturated heterocycles. The van der Waals surface area contributed by atoms with E-state index in [2.05, 4.69) is 36.3 Å². The summed E-state index contributed by atoms with van der Waals surface area (Å²) in [5.74, 6) is 2.09. The normalized spacial score (nSPS) is 26.5. The van der Waals surface area contributed by atoms with Crippen LogP contribution in [0.4, 0.5) is 18.9 Å². The van der Waals surface area contributed by atoms with Crippen molar-refractivity contribution < 1.29 is 36.4 Å². The van der Waals surface area contributed by atoms with Crippen LogP contribution in [0.15, 0.2) is 48.7 Å². The fourth-order valence-corrected chi connectivity index (χ4v) is 9.49. The number of halogens is 4. The second-order valence-electron chi connectivity index (χ2n) is 14.5. The lowest BCUT2D eigenvalue weighted by Gasteiger charge is -2.48. The number of rotatable bonds is 9. The minimum Gasteiger partial charge on any atom is -0.493 e. The van der Waals surface area contributed by atoms with Crippen molar-refractivity contribution in [1.29, 1.82) is 0 Å². The highest BCUT2D eigenvalue weighted by molar-refractivity contribution is 7.84. The summed E-state index contributed by atoms with van der Waals surface area (Å²) in [4.78, 5) is 18.3. The third-order valence-electron chi connectivity index (χ3n) is 11.2. The minimum atomic E-state index is -5.05. The first-order chi connectivity index (χ1) is 23.9. The van der Waals surface area contributed by atoms with Gasteiger partial charge < -0.3 is 19.5 Å². The van der Waals surface area contributed by atoms with Gasteiger partial charge in [-0.3, -0.25) is 9.78 Å². The molecule has 0 radical (unpaired) electrons. The number of benzene rings is 2. The van der Waals surface area contributed by atoms with Gasteiger partial charge in [-0.15, -0.1) is 13.2 Å². The number of aromatic nitrogens is 1. The van der Waals surface area contributed by atoms with Crippen LogP contribution in [0.25, 0.3) is 0 Å². The van der Waals surface area contributed by atoms with Crippen molar-refractivity contribution in [1.82, 2.24) is 9.71 Å². The van der Waals surface area contributed by atoms with Crippen LogP contribution in [-0.2, 0) is 38.2 Å². The molecule has 2 N–H and O–H groups in total. The number of anilines is 1. The molecule has 50 heavy (non-hydrogen) atoms. The molecule has 1 amide bonds. The highest BCUT2D eigenvalue weighted by Crippen LogP contribution is 2.58. The van der Waals surface area contributed by atoms with Crippen molar-refractivity contribution in [3.8, 4) is 17.2 Å². The Bertz CT molecular complexity index is 1800. The molecule has 8 nitrogen and oxygen atoms in total. The number of pyridine rings is 1. The first-order valence-corrected chi connectivity index (χ1v) is 18.9. The number of carbonyl (C=O) groups excluding carboxylic acids is 1. The van der Waals surface area contributed by atoms with E-state index in [4.69, 9.17) is 25.8 Å². The fourth-order valence-electron chi connectivity index (χ4n) is 8.78. The smallest absolute Gasteiger partial charge is 0.493 e. The highest BCUT2D eigenvalue weighted by Gasteiger charge is 2.56. The number of ether oxygens (including phenoxy) is 3. The largest absolute Gasteiger partial charge is 0.599 e. The lowest BCUT2D eigenvalue weighted by atomic mass is 9.59. The summed E-state index contributed by atoms with van der Waals surface area (Å²) >= 11 is 6.24. The van der Waals surface area contributed by atoms with Gasteiger partial charge in [0.1, 0.15) is 11.3 Å². The summed E-state index contributed by atoms with van der Waals surface area (Å²) in [6, 6.07) is 12.8. The van der Waals surface area contributed by atoms with E-state index in [0.717, 1.165) is 54.7 Å². The van der Waals surface area contributed by atoms with Gasteiger partial charge in [0.05, 0.1) is 6.61 Å². The molecule has 4 aliphatic rings. The molecule has 0 bridgehead atoms. The zero-order valence-corrected chi connectivity index (χ0v) is 29.7. The molecule has 1 aromatic heterocycles. The maximum atomic E-state index is 13.7. The predicted molar refractivity (Wildman–Crippen MR) is 186 cm³/mol. The van der Waals surface area contributed by atoms with E-state index in [1.54, 1.807) is 29.0 Å². The predicted octanol–water partition coefficient (Wildman–Crippen LogP) is 8.09. The van der Waals surface area contributed by atoms with Gasteiger partial charge in [-0.25, -0.2) is 0 Å². The van der Waals surface area contributed by atoms with Crippen molar-refractivity contribution in [2.75, 3.05) is 18.7 Å². The van der Waals surface area contributed by atoms with Crippen molar-refractivity contribution in [3.63, 3.8) is 0 Å². The number of carbonyl (C=O) groups is 1. The summed E-state index contributed by atoms with van der Waals surface area (Å²) in [6.45, 7) is 5.09. The van der Waals surface area contributed by atoms with E-state index in [9.17, 15) is 22.2 Å². The van der Waals surface area contributed by atoms with Gasteiger partial charge in [-0.2, -0.15) is 4.72 Å². The average Bonchev–Trinajstić information content (AvgIpc) is 3.65. The summed E-state index contributed by atoms with van der Waals surface area (Å²) in [5, 5.41) is 3.64. The molecular formula is C37H42ClF3N3O5S+. The molecule has 1 saturated carbocycles. The zero-order chi connectivity index (χ0) is 35.3. The highest BCUT2D eigenvalue weighted by atomic mass is 35.5. The molecule has 3 aromatic rings. The van der Waals surface area contributed by atoms with Gasteiger partial charge in [0.25, 0.3) is 16.9 Å². The van der Waals surface area contributed by atoms with E-state index >= 15 is 0 Å². The SMILES string of the molecule is C[C@@H](COc1ccnc2c1[C@H](C)CCC2)C[C@H]1Cc2cc3c(cc2C12CCC(Nc1cccc(Cl)c1)(C(=O)N[SH+](=O)C(F)(F)F)CC2)OCO3. The molecule has 1 aliphatic heterocycles. The van der Waals surface area contributed by atoms with Crippen LogP contribution in [0, 0.1) is 11.8 Å². The number of thiol groups is 1. The average molecular weight is 733 g/mol. The number of hydrogen-bond donors (Lipinski definition) is 2. The third kappa shape index (κ3) is 6.65. The molecular weight excluding hydrogens is 691 g/mol. The number of nitrogens with one attached hydrogen (secondary N) is 2. The zero-order valence-electron chi connectivity index (χ0n) is 28.1. The van der Waals surface area contributed by atoms with Crippen LogP contribution in [0.2, 0.25) is 5.02 Å². The van der Waals surface area contributed by atoms with Gasteiger partial charge >= 0.3 is 5.51 Å². The summed E-state index contributed by atoms with van der Waals surface area (Å²) in [5.41, 5.74) is -1.75. The van der Waals surface area contributed by atoms with Crippen LogP contribution in [0.1, 0.15) is 87.1 Å². The van der Waals surface area contributed by atoms with Crippen molar-refractivity contribution in [2.45, 2.75) is 94.0 Å². The second kappa shape index (κ2) is 13.6. The molecule has 13 heteroatoms. The number of aryl methyl sites for hydroxylation is 1. The Labute approximate surface area is 297 Å². The first kappa shape index (κ1) is 34.9. The van der Waals surface area contributed by atoms with Gasteiger partial charge in [-0.1, -0.05) is 35.7 Å².